The fourth-order valence-corrected chi connectivity index (χ4v) is 2.25. The molecule has 5 heteroatoms. The van der Waals surface area contributed by atoms with Gasteiger partial charge in [-0.05, 0) is 17.7 Å². The Morgan fingerprint density at radius 1 is 1.04 bits per heavy atom. The second kappa shape index (κ2) is 6.36. The van der Waals surface area contributed by atoms with Crippen molar-refractivity contribution in [3.8, 4) is 5.75 Å². The summed E-state index contributed by atoms with van der Waals surface area (Å²) in [5.74, 6) is 0.299. The second-order valence-corrected chi connectivity index (χ2v) is 5.16. The van der Waals surface area contributed by atoms with Crippen molar-refractivity contribution in [3.05, 3.63) is 71.4 Å². The van der Waals surface area contributed by atoms with E-state index < -0.39 is 6.03 Å². The lowest BCUT2D eigenvalue weighted by Gasteiger charge is -2.09. The van der Waals surface area contributed by atoms with Crippen LogP contribution < -0.4 is 10.1 Å². The number of benzene rings is 2. The Labute approximate surface area is 134 Å². The van der Waals surface area contributed by atoms with E-state index in [0.717, 1.165) is 16.0 Å². The van der Waals surface area contributed by atoms with Crippen LogP contribution in [0.4, 0.5) is 4.79 Å². The number of nitrogens with one attached hydrogen (secondary N) is 1. The van der Waals surface area contributed by atoms with E-state index in [4.69, 9.17) is 4.74 Å². The molecule has 23 heavy (non-hydrogen) atoms. The van der Waals surface area contributed by atoms with E-state index in [1.165, 1.54) is 7.05 Å². The molecule has 0 aliphatic carbocycles. The Morgan fingerprint density at radius 2 is 1.74 bits per heavy atom. The maximum absolute atomic E-state index is 11.9. The summed E-state index contributed by atoms with van der Waals surface area (Å²) < 4.78 is 5.84. The number of para-hydroxylation sites is 1. The number of hydrogen-bond donors (Lipinski definition) is 1. The summed E-state index contributed by atoms with van der Waals surface area (Å²) in [6.07, 6.45) is 1.63. The first kappa shape index (κ1) is 14.8. The van der Waals surface area contributed by atoms with Crippen LogP contribution in [0.5, 0.6) is 5.75 Å². The maximum Gasteiger partial charge on any atom is 0.328 e. The van der Waals surface area contributed by atoms with E-state index in [-0.39, 0.29) is 11.6 Å². The van der Waals surface area contributed by atoms with E-state index in [2.05, 4.69) is 5.32 Å². The van der Waals surface area contributed by atoms with E-state index >= 15 is 0 Å². The molecule has 5 nitrogen and oxygen atoms in total. The zero-order valence-electron chi connectivity index (χ0n) is 12.7. The number of amides is 3. The van der Waals surface area contributed by atoms with Crippen LogP contribution in [0.2, 0.25) is 0 Å². The Balaban J connectivity index is 1.81. The summed E-state index contributed by atoms with van der Waals surface area (Å²) in [6.45, 7) is 0.432. The highest BCUT2D eigenvalue weighted by Crippen LogP contribution is 2.23. The number of hydrogen-bond acceptors (Lipinski definition) is 3. The zero-order valence-corrected chi connectivity index (χ0v) is 12.7. The van der Waals surface area contributed by atoms with E-state index in [1.807, 2.05) is 54.6 Å². The van der Waals surface area contributed by atoms with Gasteiger partial charge in [0.1, 0.15) is 18.1 Å². The number of nitrogens with zero attached hydrogens (tertiary/aromatic N) is 1. The second-order valence-electron chi connectivity index (χ2n) is 5.16. The van der Waals surface area contributed by atoms with Crippen molar-refractivity contribution in [2.24, 2.45) is 0 Å². The summed E-state index contributed by atoms with van der Waals surface area (Å²) in [5, 5.41) is 2.55. The number of likely N-dealkylation sites (N-methyl/N-ethyl adjacent to an activating group) is 1. The number of ether oxygens (including phenoxy) is 1. The molecule has 3 rings (SSSR count). The minimum absolute atomic E-state index is 0.244. The molecule has 2 aromatic carbocycles. The van der Waals surface area contributed by atoms with Gasteiger partial charge in [-0.3, -0.25) is 9.69 Å². The van der Waals surface area contributed by atoms with Gasteiger partial charge >= 0.3 is 6.03 Å². The van der Waals surface area contributed by atoms with Crippen molar-refractivity contribution >= 4 is 18.0 Å². The topological polar surface area (TPSA) is 58.6 Å². The smallest absolute Gasteiger partial charge is 0.328 e. The van der Waals surface area contributed by atoms with Crippen molar-refractivity contribution in [1.29, 1.82) is 0 Å². The number of imide groups is 1. The Morgan fingerprint density at radius 3 is 2.43 bits per heavy atom. The molecule has 1 aliphatic rings. The third kappa shape index (κ3) is 3.23. The number of carbonyl (C=O) groups excluding carboxylic acids is 2. The number of rotatable bonds is 4. The first-order valence-corrected chi connectivity index (χ1v) is 7.21. The predicted octanol–water partition coefficient (Wildman–Crippen LogP) is 2.79. The minimum Gasteiger partial charge on any atom is -0.488 e. The van der Waals surface area contributed by atoms with E-state index in [1.54, 1.807) is 6.08 Å². The highest BCUT2D eigenvalue weighted by molar-refractivity contribution is 6.13. The Bertz CT molecular complexity index is 769. The van der Waals surface area contributed by atoms with Gasteiger partial charge in [0.05, 0.1) is 0 Å². The molecule has 2 aromatic rings. The third-order valence-corrected chi connectivity index (χ3v) is 3.54. The molecule has 0 aromatic heterocycles. The summed E-state index contributed by atoms with van der Waals surface area (Å²) in [7, 11) is 1.44. The molecule has 1 fully saturated rings. The molecule has 116 valence electrons. The Kier molecular flexibility index (Phi) is 4.10. The van der Waals surface area contributed by atoms with Crippen LogP contribution in [0.1, 0.15) is 11.1 Å². The van der Waals surface area contributed by atoms with Crippen molar-refractivity contribution in [1.82, 2.24) is 10.2 Å². The summed E-state index contributed by atoms with van der Waals surface area (Å²) in [6, 6.07) is 16.8. The highest BCUT2D eigenvalue weighted by atomic mass is 16.5. The first-order valence-electron chi connectivity index (χ1n) is 7.21. The molecule has 0 bridgehead atoms. The molecule has 0 radical (unpaired) electrons. The summed E-state index contributed by atoms with van der Waals surface area (Å²) in [5.41, 5.74) is 2.04. The molecule has 0 unspecified atom stereocenters. The van der Waals surface area contributed by atoms with Crippen molar-refractivity contribution < 1.29 is 14.3 Å². The van der Waals surface area contributed by atoms with Crippen LogP contribution in [0.3, 0.4) is 0 Å². The van der Waals surface area contributed by atoms with Gasteiger partial charge in [-0.2, -0.15) is 0 Å². The normalized spacial score (nSPS) is 15.9. The summed E-state index contributed by atoms with van der Waals surface area (Å²) >= 11 is 0. The van der Waals surface area contributed by atoms with Gasteiger partial charge < -0.3 is 10.1 Å². The lowest BCUT2D eigenvalue weighted by molar-refractivity contribution is -0.121. The average Bonchev–Trinajstić information content (AvgIpc) is 2.82. The largest absolute Gasteiger partial charge is 0.488 e. The SMILES string of the molecule is CN1C(=O)NC(=Cc2ccccc2OCc2ccccc2)C1=O. The minimum atomic E-state index is -0.427. The zero-order chi connectivity index (χ0) is 16.2. The fraction of sp³-hybridized carbons (Fsp3) is 0.111. The molecule has 0 atom stereocenters. The average molecular weight is 308 g/mol. The standard InChI is InChI=1S/C18H16N2O3/c1-20-17(21)15(19-18(20)22)11-14-9-5-6-10-16(14)23-12-13-7-3-2-4-8-13/h2-11H,12H2,1H3,(H,19,22). The van der Waals surface area contributed by atoms with Crippen molar-refractivity contribution in [2.75, 3.05) is 7.05 Å². The van der Waals surface area contributed by atoms with Gasteiger partial charge in [-0.15, -0.1) is 0 Å². The van der Waals surface area contributed by atoms with Crippen LogP contribution in [0, 0.1) is 0 Å². The highest BCUT2D eigenvalue weighted by Gasteiger charge is 2.30. The van der Waals surface area contributed by atoms with E-state index in [0.29, 0.717) is 12.4 Å². The monoisotopic (exact) mass is 308 g/mol. The molecule has 1 aliphatic heterocycles. The van der Waals surface area contributed by atoms with Crippen LogP contribution in [-0.4, -0.2) is 23.9 Å². The molecule has 1 N–H and O–H groups in total. The summed E-state index contributed by atoms with van der Waals surface area (Å²) in [4.78, 5) is 24.5. The van der Waals surface area contributed by atoms with Gasteiger partial charge in [0.15, 0.2) is 0 Å². The molecular formula is C18H16N2O3. The number of carbonyl (C=O) groups is 2. The molecule has 1 heterocycles. The molecule has 3 amide bonds. The molecule has 0 saturated carbocycles. The fourth-order valence-electron chi connectivity index (χ4n) is 2.25. The molecule has 0 spiro atoms. The van der Waals surface area contributed by atoms with Gasteiger partial charge in [0.25, 0.3) is 5.91 Å². The first-order chi connectivity index (χ1) is 11.1. The van der Waals surface area contributed by atoms with Crippen LogP contribution >= 0.6 is 0 Å². The maximum atomic E-state index is 11.9. The Hall–Kier alpha value is -3.08. The van der Waals surface area contributed by atoms with Crippen molar-refractivity contribution in [3.63, 3.8) is 0 Å². The quantitative estimate of drug-likeness (QED) is 0.698. The van der Waals surface area contributed by atoms with Crippen LogP contribution in [0.25, 0.3) is 6.08 Å². The van der Waals surface area contributed by atoms with Crippen LogP contribution in [-0.2, 0) is 11.4 Å². The lowest BCUT2D eigenvalue weighted by Crippen LogP contribution is -2.25. The predicted molar refractivity (Wildman–Crippen MR) is 86.5 cm³/mol. The molecule has 1 saturated heterocycles. The van der Waals surface area contributed by atoms with Crippen LogP contribution in [0.15, 0.2) is 60.3 Å². The van der Waals surface area contributed by atoms with Gasteiger partial charge in [0, 0.05) is 12.6 Å². The van der Waals surface area contributed by atoms with Gasteiger partial charge in [0.2, 0.25) is 0 Å². The number of urea groups is 1. The third-order valence-electron chi connectivity index (χ3n) is 3.54. The lowest BCUT2D eigenvalue weighted by atomic mass is 10.1. The van der Waals surface area contributed by atoms with E-state index in [9.17, 15) is 9.59 Å². The molecular weight excluding hydrogens is 292 g/mol. The van der Waals surface area contributed by atoms with Gasteiger partial charge in [-0.25, -0.2) is 4.79 Å². The van der Waals surface area contributed by atoms with Crippen molar-refractivity contribution in [2.45, 2.75) is 6.61 Å². The van der Waals surface area contributed by atoms with Gasteiger partial charge in [-0.1, -0.05) is 48.5 Å².